The van der Waals surface area contributed by atoms with Gasteiger partial charge in [0.2, 0.25) is 0 Å². The first-order chi connectivity index (χ1) is 6.05. The molecular weight excluding hydrogens is 187 g/mol. The van der Waals surface area contributed by atoms with Gasteiger partial charge in [-0.15, -0.1) is 11.8 Å². The molecule has 1 aromatic rings. The Hall–Kier alpha value is -0.540. The van der Waals surface area contributed by atoms with E-state index in [1.54, 1.807) is 18.2 Å². The number of rotatable bonds is 3. The number of halogens is 1. The molecule has 0 amide bonds. The Kier molecular flexibility index (Phi) is 3.33. The van der Waals surface area contributed by atoms with Crippen LogP contribution in [0.3, 0.4) is 0 Å². The highest BCUT2D eigenvalue weighted by atomic mass is 32.2. The predicted molar refractivity (Wildman–Crippen MR) is 53.4 cm³/mol. The molecule has 0 spiro atoms. The molecule has 0 aromatic heterocycles. The average Bonchev–Trinajstić information content (AvgIpc) is 2.09. The molecule has 0 radical (unpaired) electrons. The Balaban J connectivity index is 2.80. The first kappa shape index (κ1) is 10.5. The van der Waals surface area contributed by atoms with Crippen molar-refractivity contribution in [2.75, 3.05) is 6.61 Å². The van der Waals surface area contributed by atoms with Crippen molar-refractivity contribution in [3.63, 3.8) is 0 Å². The van der Waals surface area contributed by atoms with Crippen molar-refractivity contribution >= 4 is 11.8 Å². The molecule has 0 aliphatic heterocycles. The van der Waals surface area contributed by atoms with Crippen molar-refractivity contribution in [2.45, 2.75) is 23.5 Å². The SMILES string of the molecule is CC(C)(CO)Sc1ccccc1F. The lowest BCUT2D eigenvalue weighted by Gasteiger charge is -2.20. The van der Waals surface area contributed by atoms with Crippen LogP contribution in [0.1, 0.15) is 13.8 Å². The van der Waals surface area contributed by atoms with Crippen LogP contribution in [0.15, 0.2) is 29.2 Å². The molecule has 0 heterocycles. The molecule has 1 nitrogen and oxygen atoms in total. The van der Waals surface area contributed by atoms with Crippen molar-refractivity contribution in [3.8, 4) is 0 Å². The summed E-state index contributed by atoms with van der Waals surface area (Å²) in [5.41, 5.74) is 0. The quantitative estimate of drug-likeness (QED) is 0.757. The van der Waals surface area contributed by atoms with Crippen LogP contribution < -0.4 is 0 Å². The van der Waals surface area contributed by atoms with Gasteiger partial charge in [0.15, 0.2) is 0 Å². The lowest BCUT2D eigenvalue weighted by Crippen LogP contribution is -2.19. The largest absolute Gasteiger partial charge is 0.395 e. The monoisotopic (exact) mass is 200 g/mol. The zero-order valence-corrected chi connectivity index (χ0v) is 8.57. The van der Waals surface area contributed by atoms with Crippen molar-refractivity contribution in [1.82, 2.24) is 0 Å². The molecular formula is C10H13FOS. The molecule has 1 aromatic carbocycles. The van der Waals surface area contributed by atoms with E-state index in [4.69, 9.17) is 5.11 Å². The third-order valence-electron chi connectivity index (χ3n) is 1.60. The second-order valence-electron chi connectivity index (χ2n) is 3.45. The highest BCUT2D eigenvalue weighted by molar-refractivity contribution is 8.00. The molecule has 0 fully saturated rings. The van der Waals surface area contributed by atoms with E-state index >= 15 is 0 Å². The lowest BCUT2D eigenvalue weighted by atomic mass is 10.2. The molecule has 0 saturated heterocycles. The molecule has 0 unspecified atom stereocenters. The molecule has 0 atom stereocenters. The Bertz CT molecular complexity index is 286. The summed E-state index contributed by atoms with van der Waals surface area (Å²) in [6.45, 7) is 3.79. The van der Waals surface area contributed by atoms with Crippen LogP contribution in [0.4, 0.5) is 4.39 Å². The summed E-state index contributed by atoms with van der Waals surface area (Å²) in [5, 5.41) is 9.00. The van der Waals surface area contributed by atoms with Crippen molar-refractivity contribution < 1.29 is 9.50 Å². The summed E-state index contributed by atoms with van der Waals surface area (Å²) in [5.74, 6) is -0.228. The van der Waals surface area contributed by atoms with Gasteiger partial charge in [-0.2, -0.15) is 0 Å². The van der Waals surface area contributed by atoms with E-state index in [2.05, 4.69) is 0 Å². The molecule has 3 heteroatoms. The van der Waals surface area contributed by atoms with E-state index in [0.717, 1.165) is 0 Å². The van der Waals surface area contributed by atoms with E-state index in [9.17, 15) is 4.39 Å². The molecule has 0 saturated carbocycles. The Labute approximate surface area is 82.0 Å². The van der Waals surface area contributed by atoms with Crippen LogP contribution >= 0.6 is 11.8 Å². The maximum Gasteiger partial charge on any atom is 0.136 e. The van der Waals surface area contributed by atoms with Crippen LogP contribution in [-0.4, -0.2) is 16.5 Å². The van der Waals surface area contributed by atoms with Gasteiger partial charge in [-0.1, -0.05) is 12.1 Å². The van der Waals surface area contributed by atoms with Gasteiger partial charge in [0.05, 0.1) is 6.61 Å². The minimum Gasteiger partial charge on any atom is -0.395 e. The minimum atomic E-state index is -0.331. The second kappa shape index (κ2) is 4.11. The van der Waals surface area contributed by atoms with Crippen LogP contribution in [0.25, 0.3) is 0 Å². The number of aliphatic hydroxyl groups excluding tert-OH is 1. The third kappa shape index (κ3) is 3.01. The molecule has 1 rings (SSSR count). The topological polar surface area (TPSA) is 20.2 Å². The van der Waals surface area contributed by atoms with Crippen LogP contribution in [0.5, 0.6) is 0 Å². The smallest absolute Gasteiger partial charge is 0.136 e. The highest BCUT2D eigenvalue weighted by Gasteiger charge is 2.19. The van der Waals surface area contributed by atoms with Gasteiger partial charge in [-0.3, -0.25) is 0 Å². The molecule has 13 heavy (non-hydrogen) atoms. The molecule has 72 valence electrons. The molecule has 0 aliphatic rings. The van der Waals surface area contributed by atoms with Crippen LogP contribution in [-0.2, 0) is 0 Å². The number of thioether (sulfide) groups is 1. The molecule has 0 bridgehead atoms. The van der Waals surface area contributed by atoms with Crippen molar-refractivity contribution in [3.05, 3.63) is 30.1 Å². The summed E-state index contributed by atoms with van der Waals surface area (Å²) < 4.78 is 12.8. The summed E-state index contributed by atoms with van der Waals surface area (Å²) in [4.78, 5) is 0.585. The van der Waals surface area contributed by atoms with E-state index in [1.807, 2.05) is 13.8 Å². The van der Waals surface area contributed by atoms with Gasteiger partial charge in [0, 0.05) is 9.64 Å². The maximum absolute atomic E-state index is 13.2. The third-order valence-corrected chi connectivity index (χ3v) is 2.84. The average molecular weight is 200 g/mol. The maximum atomic E-state index is 13.2. The van der Waals surface area contributed by atoms with Crippen molar-refractivity contribution in [1.29, 1.82) is 0 Å². The number of hydrogen-bond acceptors (Lipinski definition) is 2. The van der Waals surface area contributed by atoms with Gasteiger partial charge < -0.3 is 5.11 Å². The first-order valence-electron chi connectivity index (χ1n) is 4.09. The van der Waals surface area contributed by atoms with Crippen LogP contribution in [0, 0.1) is 5.82 Å². The van der Waals surface area contributed by atoms with E-state index in [0.29, 0.717) is 4.90 Å². The highest BCUT2D eigenvalue weighted by Crippen LogP contribution is 2.33. The standard InChI is InChI=1S/C10H13FOS/c1-10(2,7-12)13-9-6-4-3-5-8(9)11/h3-6,12H,7H2,1-2H3. The molecule has 0 aliphatic carbocycles. The van der Waals surface area contributed by atoms with Gasteiger partial charge in [0.25, 0.3) is 0 Å². The molecule has 1 N–H and O–H groups in total. The summed E-state index contributed by atoms with van der Waals surface area (Å²) in [6, 6.07) is 6.59. The Morgan fingerprint density at radius 1 is 1.38 bits per heavy atom. The Morgan fingerprint density at radius 3 is 2.54 bits per heavy atom. The Morgan fingerprint density at radius 2 is 2.00 bits per heavy atom. The number of benzene rings is 1. The number of aliphatic hydroxyl groups is 1. The zero-order chi connectivity index (χ0) is 9.90. The summed E-state index contributed by atoms with van der Waals surface area (Å²) in [6.07, 6.45) is 0. The normalized spacial score (nSPS) is 11.7. The van der Waals surface area contributed by atoms with Gasteiger partial charge in [-0.25, -0.2) is 4.39 Å². The predicted octanol–water partition coefficient (Wildman–Crippen LogP) is 2.69. The van der Waals surface area contributed by atoms with E-state index < -0.39 is 0 Å². The first-order valence-corrected chi connectivity index (χ1v) is 4.91. The van der Waals surface area contributed by atoms with Gasteiger partial charge in [-0.05, 0) is 26.0 Å². The number of hydrogen-bond donors (Lipinski definition) is 1. The van der Waals surface area contributed by atoms with Gasteiger partial charge >= 0.3 is 0 Å². The fourth-order valence-electron chi connectivity index (χ4n) is 0.857. The summed E-state index contributed by atoms with van der Waals surface area (Å²) in [7, 11) is 0. The minimum absolute atomic E-state index is 0.0337. The fourth-order valence-corrected chi connectivity index (χ4v) is 1.83. The van der Waals surface area contributed by atoms with E-state index in [-0.39, 0.29) is 17.2 Å². The lowest BCUT2D eigenvalue weighted by molar-refractivity contribution is 0.265. The fraction of sp³-hybridized carbons (Fsp3) is 0.400. The van der Waals surface area contributed by atoms with Gasteiger partial charge in [0.1, 0.15) is 5.82 Å². The second-order valence-corrected chi connectivity index (χ2v) is 5.20. The zero-order valence-electron chi connectivity index (χ0n) is 7.75. The van der Waals surface area contributed by atoms with Crippen molar-refractivity contribution in [2.24, 2.45) is 0 Å². The van der Waals surface area contributed by atoms with E-state index in [1.165, 1.54) is 17.8 Å². The summed E-state index contributed by atoms with van der Waals surface area (Å²) >= 11 is 1.35. The van der Waals surface area contributed by atoms with Crippen LogP contribution in [0.2, 0.25) is 0 Å².